The lowest BCUT2D eigenvalue weighted by Gasteiger charge is -2.36. The van der Waals surface area contributed by atoms with Gasteiger partial charge in [-0.1, -0.05) is 12.1 Å². The Bertz CT molecular complexity index is 627. The minimum atomic E-state index is -0.557. The van der Waals surface area contributed by atoms with Crippen LogP contribution >= 0.6 is 11.8 Å². The monoisotopic (exact) mass is 382 g/mol. The van der Waals surface area contributed by atoms with Crippen LogP contribution in [0.2, 0.25) is 0 Å². The van der Waals surface area contributed by atoms with Crippen molar-refractivity contribution < 1.29 is 19.1 Å². The van der Waals surface area contributed by atoms with Gasteiger partial charge in [-0.15, -0.1) is 0 Å². The average molecular weight is 383 g/mol. The van der Waals surface area contributed by atoms with Crippen LogP contribution in [0, 0.1) is 5.92 Å². The second kappa shape index (κ2) is 8.73. The van der Waals surface area contributed by atoms with Gasteiger partial charge in [0.2, 0.25) is 0 Å². The highest BCUT2D eigenvalue weighted by Gasteiger charge is 2.37. The Morgan fingerprint density at radius 3 is 2.50 bits per heavy atom. The van der Waals surface area contributed by atoms with Crippen molar-refractivity contribution in [2.24, 2.45) is 5.92 Å². The fourth-order valence-electron chi connectivity index (χ4n) is 3.03. The Morgan fingerprint density at radius 1 is 1.27 bits per heavy atom. The predicted molar refractivity (Wildman–Crippen MR) is 101 cm³/mol. The van der Waals surface area contributed by atoms with Crippen molar-refractivity contribution in [3.63, 3.8) is 0 Å². The molecule has 0 aromatic heterocycles. The van der Waals surface area contributed by atoms with Crippen LogP contribution in [0.1, 0.15) is 52.1 Å². The van der Waals surface area contributed by atoms with Gasteiger partial charge in [0.1, 0.15) is 5.60 Å². The van der Waals surface area contributed by atoms with E-state index in [1.807, 2.05) is 32.9 Å². The summed E-state index contributed by atoms with van der Waals surface area (Å²) in [4.78, 5) is 24.1. The summed E-state index contributed by atoms with van der Waals surface area (Å²) in [5, 5.41) is 2.69. The minimum absolute atomic E-state index is 0.223. The molecule has 0 radical (unpaired) electrons. The molecule has 1 N–H and O–H groups in total. The number of rotatable bonds is 4. The Kier molecular flexibility index (Phi) is 6.89. The number of carbonyl (C=O) groups is 2. The zero-order valence-corrected chi connectivity index (χ0v) is 16.5. The fraction of sp³-hybridized carbons (Fsp3) is 0.579. The Morgan fingerprint density at radius 2 is 1.92 bits per heavy atom. The van der Waals surface area contributed by atoms with Gasteiger partial charge >= 0.3 is 12.1 Å². The Balaban J connectivity index is 2.11. The highest BCUT2D eigenvalue weighted by atomic mass is 35.5. The maximum atomic E-state index is 12.3. The lowest BCUT2D eigenvalue weighted by Crippen LogP contribution is -2.37. The zero-order valence-electron chi connectivity index (χ0n) is 15.8. The maximum absolute atomic E-state index is 12.3. The van der Waals surface area contributed by atoms with Crippen molar-refractivity contribution >= 4 is 29.5 Å². The molecule has 1 heterocycles. The number of anilines is 1. The summed E-state index contributed by atoms with van der Waals surface area (Å²) >= 11 is 6.39. The van der Waals surface area contributed by atoms with E-state index in [2.05, 4.69) is 5.32 Å². The summed E-state index contributed by atoms with van der Waals surface area (Å²) in [6.07, 6.45) is 1.08. The summed E-state index contributed by atoms with van der Waals surface area (Å²) in [7, 11) is 0. The first-order chi connectivity index (χ1) is 12.2. The van der Waals surface area contributed by atoms with Gasteiger partial charge in [-0.25, -0.2) is 9.21 Å². The molecule has 0 unspecified atom stereocenters. The van der Waals surface area contributed by atoms with E-state index in [-0.39, 0.29) is 17.9 Å². The molecule has 6 nitrogen and oxygen atoms in total. The molecule has 0 aliphatic carbocycles. The van der Waals surface area contributed by atoms with Crippen LogP contribution < -0.4 is 5.32 Å². The highest BCUT2D eigenvalue weighted by Crippen LogP contribution is 2.38. The number of hydrogen-bond acceptors (Lipinski definition) is 5. The number of nitrogens with zero attached hydrogens (tertiary/aromatic N) is 1. The fourth-order valence-corrected chi connectivity index (χ4v) is 3.40. The molecule has 0 bridgehead atoms. The lowest BCUT2D eigenvalue weighted by atomic mass is 9.86. The van der Waals surface area contributed by atoms with Crippen LogP contribution in [0.15, 0.2) is 24.3 Å². The molecule has 0 spiro atoms. The summed E-state index contributed by atoms with van der Waals surface area (Å²) in [5.74, 6) is -0.523. The number of halogens is 1. The largest absolute Gasteiger partial charge is 0.466 e. The van der Waals surface area contributed by atoms with Crippen molar-refractivity contribution in [3.8, 4) is 0 Å². The molecule has 1 aromatic rings. The van der Waals surface area contributed by atoms with Gasteiger partial charge in [0.15, 0.2) is 0 Å². The van der Waals surface area contributed by atoms with E-state index in [9.17, 15) is 9.59 Å². The minimum Gasteiger partial charge on any atom is -0.466 e. The molecule has 2 rings (SSSR count). The smallest absolute Gasteiger partial charge is 0.412 e. The third kappa shape index (κ3) is 5.61. The van der Waals surface area contributed by atoms with E-state index in [4.69, 9.17) is 21.3 Å². The highest BCUT2D eigenvalue weighted by molar-refractivity contribution is 6.13. The molecule has 1 aliphatic rings. The van der Waals surface area contributed by atoms with Gasteiger partial charge in [-0.2, -0.15) is 0 Å². The van der Waals surface area contributed by atoms with Crippen LogP contribution in [-0.2, 0) is 14.3 Å². The second-order valence-electron chi connectivity index (χ2n) is 7.32. The quantitative estimate of drug-likeness (QED) is 0.613. The number of ether oxygens (including phenoxy) is 2. The normalized spacial score (nSPS) is 21.1. The molecule has 144 valence electrons. The summed E-state index contributed by atoms with van der Waals surface area (Å²) in [6, 6.07) is 7.04. The van der Waals surface area contributed by atoms with Gasteiger partial charge in [-0.05, 0) is 70.0 Å². The molecule has 2 atom stereocenters. The lowest BCUT2D eigenvalue weighted by molar-refractivity contribution is -0.151. The summed E-state index contributed by atoms with van der Waals surface area (Å²) < 4.78 is 12.1. The number of benzene rings is 1. The molecule has 0 saturated carbocycles. The molecule has 1 fully saturated rings. The zero-order chi connectivity index (χ0) is 19.3. The first kappa shape index (κ1) is 20.5. The Hall–Kier alpha value is -1.79. The number of carbonyl (C=O) groups excluding carboxylic acids is 2. The van der Waals surface area contributed by atoms with Gasteiger partial charge in [0.05, 0.1) is 18.6 Å². The molecule has 1 saturated heterocycles. The van der Waals surface area contributed by atoms with Crippen LogP contribution in [0.25, 0.3) is 0 Å². The van der Waals surface area contributed by atoms with Crippen molar-refractivity contribution in [1.82, 2.24) is 4.42 Å². The van der Waals surface area contributed by atoms with Crippen molar-refractivity contribution in [2.75, 3.05) is 18.5 Å². The van der Waals surface area contributed by atoms with Gasteiger partial charge in [-0.3, -0.25) is 10.1 Å². The standard InChI is InChI=1S/C19H27ClN2O4/c1-5-25-17(23)15-7-6-12-22(20)16(15)13-8-10-14(11-9-13)21-18(24)26-19(2,3)4/h8-11,15-16H,5-7,12H2,1-4H3,(H,21,24)/t15-,16-/m1/s1. The Labute approximate surface area is 159 Å². The van der Waals surface area contributed by atoms with Crippen LogP contribution in [-0.4, -0.2) is 35.2 Å². The third-order valence-electron chi connectivity index (χ3n) is 4.06. The van der Waals surface area contributed by atoms with Gasteiger partial charge in [0.25, 0.3) is 0 Å². The van der Waals surface area contributed by atoms with Crippen LogP contribution in [0.4, 0.5) is 10.5 Å². The van der Waals surface area contributed by atoms with E-state index in [1.165, 1.54) is 0 Å². The van der Waals surface area contributed by atoms with Crippen LogP contribution in [0.5, 0.6) is 0 Å². The van der Waals surface area contributed by atoms with Gasteiger partial charge in [0, 0.05) is 12.2 Å². The van der Waals surface area contributed by atoms with E-state index in [1.54, 1.807) is 23.5 Å². The molecular formula is C19H27ClN2O4. The number of hydrogen-bond donors (Lipinski definition) is 1. The molecular weight excluding hydrogens is 356 g/mol. The third-order valence-corrected chi connectivity index (χ3v) is 4.44. The molecule has 1 aromatic carbocycles. The maximum Gasteiger partial charge on any atom is 0.412 e. The number of nitrogens with one attached hydrogen (secondary N) is 1. The summed E-state index contributed by atoms with van der Waals surface area (Å²) in [6.45, 7) is 8.28. The van der Waals surface area contributed by atoms with E-state index >= 15 is 0 Å². The topological polar surface area (TPSA) is 67.9 Å². The molecule has 1 aliphatic heterocycles. The van der Waals surface area contributed by atoms with Crippen molar-refractivity contribution in [3.05, 3.63) is 29.8 Å². The van der Waals surface area contributed by atoms with E-state index in [0.717, 1.165) is 18.4 Å². The first-order valence-electron chi connectivity index (χ1n) is 8.90. The predicted octanol–water partition coefficient (Wildman–Crippen LogP) is 4.50. The SMILES string of the molecule is CCOC(=O)[C@@H]1CCCN(Cl)[C@@H]1c1ccc(NC(=O)OC(C)(C)C)cc1. The average Bonchev–Trinajstić information content (AvgIpc) is 2.54. The number of esters is 1. The first-order valence-corrected chi connectivity index (χ1v) is 9.24. The summed E-state index contributed by atoms with van der Waals surface area (Å²) in [5.41, 5.74) is 0.970. The van der Waals surface area contributed by atoms with E-state index < -0.39 is 11.7 Å². The van der Waals surface area contributed by atoms with E-state index in [0.29, 0.717) is 18.8 Å². The molecule has 26 heavy (non-hydrogen) atoms. The van der Waals surface area contributed by atoms with Gasteiger partial charge < -0.3 is 9.47 Å². The number of piperidine rings is 1. The van der Waals surface area contributed by atoms with Crippen LogP contribution in [0.3, 0.4) is 0 Å². The molecule has 1 amide bonds. The van der Waals surface area contributed by atoms with Crippen molar-refractivity contribution in [2.45, 2.75) is 52.2 Å². The van der Waals surface area contributed by atoms with Crippen molar-refractivity contribution in [1.29, 1.82) is 0 Å². The number of amides is 1. The second-order valence-corrected chi connectivity index (χ2v) is 7.75. The molecule has 7 heteroatoms.